The Labute approximate surface area is 250 Å². The van der Waals surface area contributed by atoms with Crippen LogP contribution in [0.4, 0.5) is 16.0 Å². The minimum absolute atomic E-state index is 0.116. The van der Waals surface area contributed by atoms with Crippen molar-refractivity contribution in [2.24, 2.45) is 0 Å². The van der Waals surface area contributed by atoms with Gasteiger partial charge in [0, 0.05) is 68.0 Å². The van der Waals surface area contributed by atoms with Crippen LogP contribution in [0.2, 0.25) is 5.02 Å². The van der Waals surface area contributed by atoms with E-state index in [9.17, 15) is 0 Å². The van der Waals surface area contributed by atoms with Crippen LogP contribution >= 0.6 is 22.9 Å². The number of halogens is 2. The number of hydrogen-bond acceptors (Lipinski definition) is 8. The zero-order valence-electron chi connectivity index (χ0n) is 22.8. The normalized spacial score (nSPS) is 14.5. The van der Waals surface area contributed by atoms with Gasteiger partial charge in [-0.25, -0.2) is 9.37 Å². The fourth-order valence-electron chi connectivity index (χ4n) is 5.00. The Morgan fingerprint density at radius 1 is 0.976 bits per heavy atom. The zero-order chi connectivity index (χ0) is 28.6. The third-order valence-corrected chi connectivity index (χ3v) is 8.71. The van der Waals surface area contributed by atoms with E-state index < -0.39 is 5.82 Å². The van der Waals surface area contributed by atoms with Crippen LogP contribution in [0, 0.1) is 5.82 Å². The summed E-state index contributed by atoms with van der Waals surface area (Å²) in [6.07, 6.45) is 3.62. The van der Waals surface area contributed by atoms with Crippen molar-refractivity contribution in [1.29, 1.82) is 0 Å². The highest BCUT2D eigenvalue weighted by Crippen LogP contribution is 2.39. The topological polar surface area (TPSA) is 82.2 Å². The van der Waals surface area contributed by atoms with E-state index >= 15 is 4.39 Å². The molecular weight excluding hydrogens is 573 g/mol. The molecule has 212 valence electrons. The van der Waals surface area contributed by atoms with E-state index in [1.165, 1.54) is 23.0 Å². The van der Waals surface area contributed by atoms with Crippen molar-refractivity contribution in [2.75, 3.05) is 38.5 Å². The summed E-state index contributed by atoms with van der Waals surface area (Å²) in [6, 6.07) is 18.1. The Morgan fingerprint density at radius 2 is 1.86 bits per heavy atom. The summed E-state index contributed by atoms with van der Waals surface area (Å²) in [5.41, 5.74) is 4.94. The van der Waals surface area contributed by atoms with E-state index in [0.717, 1.165) is 64.5 Å². The number of imidazole rings is 1. The van der Waals surface area contributed by atoms with E-state index in [4.69, 9.17) is 21.3 Å². The van der Waals surface area contributed by atoms with Gasteiger partial charge in [0.15, 0.2) is 11.6 Å². The molecule has 5 heterocycles. The summed E-state index contributed by atoms with van der Waals surface area (Å²) in [5.74, 6) is 0.643. The fraction of sp³-hybridized carbons (Fsp3) is 0.194. The van der Waals surface area contributed by atoms with Gasteiger partial charge in [0.1, 0.15) is 5.75 Å². The molecule has 42 heavy (non-hydrogen) atoms. The van der Waals surface area contributed by atoms with Gasteiger partial charge in [0.2, 0.25) is 5.95 Å². The van der Waals surface area contributed by atoms with Crippen LogP contribution in [0.1, 0.15) is 5.56 Å². The molecule has 4 aromatic heterocycles. The van der Waals surface area contributed by atoms with Crippen LogP contribution in [0.15, 0.2) is 73.1 Å². The number of thiophene rings is 1. The molecule has 7 rings (SSSR count). The van der Waals surface area contributed by atoms with Crippen LogP contribution in [-0.4, -0.2) is 63.0 Å². The highest BCUT2D eigenvalue weighted by Gasteiger charge is 2.16. The number of nitrogens with one attached hydrogen (secondary N) is 2. The summed E-state index contributed by atoms with van der Waals surface area (Å²) in [6.45, 7) is 5.22. The van der Waals surface area contributed by atoms with Gasteiger partial charge in [0.25, 0.3) is 0 Å². The maximum absolute atomic E-state index is 15.2. The van der Waals surface area contributed by atoms with Crippen molar-refractivity contribution < 1.29 is 9.13 Å². The second-order valence-electron chi connectivity index (χ2n) is 10.4. The van der Waals surface area contributed by atoms with Crippen LogP contribution in [-0.2, 0) is 6.54 Å². The number of nitrogens with zero attached hydrogens (tertiary/aromatic N) is 5. The van der Waals surface area contributed by atoms with Crippen molar-refractivity contribution >= 4 is 55.8 Å². The molecule has 0 saturated carbocycles. The molecular formula is C31H27ClFN7OS. The monoisotopic (exact) mass is 599 g/mol. The number of pyridine rings is 2. The largest absolute Gasteiger partial charge is 0.453 e. The van der Waals surface area contributed by atoms with Crippen LogP contribution in [0.25, 0.3) is 31.8 Å². The molecule has 0 unspecified atom stereocenters. The minimum Gasteiger partial charge on any atom is -0.453 e. The summed E-state index contributed by atoms with van der Waals surface area (Å²) < 4.78 is 22.0. The highest BCUT2D eigenvalue weighted by atomic mass is 35.5. The van der Waals surface area contributed by atoms with Crippen molar-refractivity contribution in [3.8, 4) is 22.1 Å². The van der Waals surface area contributed by atoms with Gasteiger partial charge >= 0.3 is 0 Å². The molecule has 0 spiro atoms. The Balaban J connectivity index is 1.07. The molecule has 0 bridgehead atoms. The number of aromatic amines is 1. The Morgan fingerprint density at radius 3 is 2.67 bits per heavy atom. The smallest absolute Gasteiger partial charge is 0.205 e. The fourth-order valence-corrected chi connectivity index (χ4v) is 6.21. The van der Waals surface area contributed by atoms with Gasteiger partial charge in [-0.3, -0.25) is 14.9 Å². The number of rotatable bonds is 7. The molecule has 1 aliphatic rings. The van der Waals surface area contributed by atoms with Gasteiger partial charge in [-0.15, -0.1) is 11.3 Å². The minimum atomic E-state index is -0.501. The first-order valence-electron chi connectivity index (χ1n) is 13.6. The predicted molar refractivity (Wildman–Crippen MR) is 166 cm³/mol. The van der Waals surface area contributed by atoms with Gasteiger partial charge in [-0.05, 0) is 55.1 Å². The third kappa shape index (κ3) is 5.66. The van der Waals surface area contributed by atoms with Crippen LogP contribution in [0.5, 0.6) is 11.5 Å². The number of likely N-dealkylation sites (N-methyl/N-ethyl adjacent to an activating group) is 1. The summed E-state index contributed by atoms with van der Waals surface area (Å²) in [7, 11) is 2.16. The van der Waals surface area contributed by atoms with Crippen molar-refractivity contribution in [1.82, 2.24) is 29.7 Å². The Bertz CT molecular complexity index is 1880. The number of anilines is 2. The molecule has 2 aromatic carbocycles. The lowest BCUT2D eigenvalue weighted by Crippen LogP contribution is -2.43. The number of H-pyrrole nitrogens is 1. The number of piperazine rings is 1. The average molecular weight is 600 g/mol. The van der Waals surface area contributed by atoms with E-state index in [1.54, 1.807) is 36.5 Å². The van der Waals surface area contributed by atoms with Crippen LogP contribution < -0.4 is 10.1 Å². The second kappa shape index (κ2) is 11.3. The first-order valence-corrected chi connectivity index (χ1v) is 14.8. The first kappa shape index (κ1) is 26.8. The standard InChI is InChI=1S/C31H27ClFN7OS/c1-39-10-12-40(13-11-39)18-19-2-5-24(35-17-19)29-16-26-30(42-29)28(8-9-34-26)41-27-7-4-21(15-22(27)33)36-31-37-23-6-3-20(32)14-25(23)38-31/h2-9,14-17H,10-13,18H2,1H3,(H2,36,37,38). The highest BCUT2D eigenvalue weighted by molar-refractivity contribution is 7.22. The maximum Gasteiger partial charge on any atom is 0.205 e. The molecule has 1 aliphatic heterocycles. The third-order valence-electron chi connectivity index (χ3n) is 7.31. The molecule has 1 saturated heterocycles. The predicted octanol–water partition coefficient (Wildman–Crippen LogP) is 7.31. The Hall–Kier alpha value is -4.09. The molecule has 0 aliphatic carbocycles. The number of aromatic nitrogens is 4. The maximum atomic E-state index is 15.2. The number of hydrogen-bond donors (Lipinski definition) is 2. The number of ether oxygens (including phenoxy) is 1. The molecule has 11 heteroatoms. The quantitative estimate of drug-likeness (QED) is 0.199. The summed E-state index contributed by atoms with van der Waals surface area (Å²) in [4.78, 5) is 22.7. The lowest BCUT2D eigenvalue weighted by molar-refractivity contribution is 0.148. The first-order chi connectivity index (χ1) is 20.5. The van der Waals surface area contributed by atoms with E-state index in [2.05, 4.69) is 49.2 Å². The number of benzene rings is 2. The van der Waals surface area contributed by atoms with Gasteiger partial charge in [-0.2, -0.15) is 0 Å². The Kier molecular flexibility index (Phi) is 7.20. The average Bonchev–Trinajstić information content (AvgIpc) is 3.60. The summed E-state index contributed by atoms with van der Waals surface area (Å²) >= 11 is 7.58. The van der Waals surface area contributed by atoms with E-state index in [0.29, 0.717) is 22.4 Å². The van der Waals surface area contributed by atoms with Crippen molar-refractivity contribution in [3.63, 3.8) is 0 Å². The van der Waals surface area contributed by atoms with Crippen molar-refractivity contribution in [2.45, 2.75) is 6.54 Å². The molecule has 0 atom stereocenters. The SMILES string of the molecule is CN1CCN(Cc2ccc(-c3cc4nccc(Oc5ccc(Nc6nc7cc(Cl)ccc7[nH]6)cc5F)c4s3)nc2)CC1. The van der Waals surface area contributed by atoms with Gasteiger partial charge < -0.3 is 19.9 Å². The van der Waals surface area contributed by atoms with Gasteiger partial charge in [0.05, 0.1) is 31.8 Å². The van der Waals surface area contributed by atoms with E-state index in [1.807, 2.05) is 18.3 Å². The molecule has 0 amide bonds. The zero-order valence-corrected chi connectivity index (χ0v) is 24.3. The van der Waals surface area contributed by atoms with Gasteiger partial charge in [-0.1, -0.05) is 17.7 Å². The second-order valence-corrected chi connectivity index (χ2v) is 11.9. The number of fused-ring (bicyclic) bond motifs is 2. The van der Waals surface area contributed by atoms with E-state index in [-0.39, 0.29) is 5.75 Å². The molecule has 1 fully saturated rings. The lowest BCUT2D eigenvalue weighted by atomic mass is 10.2. The molecule has 6 aromatic rings. The lowest BCUT2D eigenvalue weighted by Gasteiger charge is -2.32. The molecule has 8 nitrogen and oxygen atoms in total. The summed E-state index contributed by atoms with van der Waals surface area (Å²) in [5, 5.41) is 3.70. The van der Waals surface area contributed by atoms with Crippen molar-refractivity contribution in [3.05, 3.63) is 89.5 Å². The molecule has 0 radical (unpaired) electrons. The van der Waals surface area contributed by atoms with Crippen LogP contribution in [0.3, 0.4) is 0 Å². The molecule has 2 N–H and O–H groups in total.